The third-order valence-electron chi connectivity index (χ3n) is 5.64. The van der Waals surface area contributed by atoms with Crippen LogP contribution in [0.2, 0.25) is 0 Å². The first-order chi connectivity index (χ1) is 15.5. The highest BCUT2D eigenvalue weighted by Crippen LogP contribution is 2.32. The lowest BCUT2D eigenvalue weighted by Gasteiger charge is -2.18. The van der Waals surface area contributed by atoms with Gasteiger partial charge in [0.05, 0.1) is 13.0 Å². The summed E-state index contributed by atoms with van der Waals surface area (Å²) in [5.74, 6) is 2.80. The van der Waals surface area contributed by atoms with Crippen molar-refractivity contribution in [3.8, 4) is 22.8 Å². The molecule has 32 heavy (non-hydrogen) atoms. The fourth-order valence-corrected chi connectivity index (χ4v) is 3.99. The number of amides is 1. The zero-order valence-corrected chi connectivity index (χ0v) is 18.2. The van der Waals surface area contributed by atoms with Gasteiger partial charge in [0.25, 0.3) is 0 Å². The quantitative estimate of drug-likeness (QED) is 0.460. The molecule has 0 atom stereocenters. The number of rotatable bonds is 5. The van der Waals surface area contributed by atoms with Crippen LogP contribution in [0.4, 0.5) is 5.82 Å². The van der Waals surface area contributed by atoms with E-state index >= 15 is 0 Å². The van der Waals surface area contributed by atoms with Gasteiger partial charge in [-0.15, -0.1) is 0 Å². The molecule has 7 heteroatoms. The van der Waals surface area contributed by atoms with Gasteiger partial charge in [-0.3, -0.25) is 9.69 Å². The number of hydrogen-bond acceptors (Lipinski definition) is 6. The molecular formula is C25H23N5O2. The Balaban J connectivity index is 1.44. The third kappa shape index (κ3) is 3.66. The smallest absolute Gasteiger partial charge is 0.233 e. The second-order valence-corrected chi connectivity index (χ2v) is 8.27. The van der Waals surface area contributed by atoms with Crippen LogP contribution in [-0.2, 0) is 17.8 Å². The molecule has 0 bridgehead atoms. The lowest BCUT2D eigenvalue weighted by molar-refractivity contribution is -0.117. The summed E-state index contributed by atoms with van der Waals surface area (Å²) in [5.41, 5.74) is 4.92. The summed E-state index contributed by atoms with van der Waals surface area (Å²) in [6.45, 7) is 6.51. The Hall–Kier alpha value is -3.87. The van der Waals surface area contributed by atoms with Crippen molar-refractivity contribution < 1.29 is 9.32 Å². The van der Waals surface area contributed by atoms with Gasteiger partial charge in [-0.25, -0.2) is 9.97 Å². The predicted molar refractivity (Wildman–Crippen MR) is 121 cm³/mol. The first-order valence-electron chi connectivity index (χ1n) is 10.6. The Bertz CT molecular complexity index is 1290. The summed E-state index contributed by atoms with van der Waals surface area (Å²) in [6, 6.07) is 16.0. The Kier molecular flexibility index (Phi) is 5.01. The van der Waals surface area contributed by atoms with Crippen molar-refractivity contribution in [1.29, 1.82) is 0 Å². The van der Waals surface area contributed by atoms with E-state index in [0.29, 0.717) is 42.2 Å². The molecular weight excluding hydrogens is 402 g/mol. The number of aromatic nitrogens is 4. The lowest BCUT2D eigenvalue weighted by atomic mass is 9.97. The summed E-state index contributed by atoms with van der Waals surface area (Å²) in [5, 5.41) is 3.95. The van der Waals surface area contributed by atoms with E-state index in [1.54, 1.807) is 18.0 Å². The van der Waals surface area contributed by atoms with Gasteiger partial charge in [0.1, 0.15) is 5.82 Å². The second kappa shape index (κ2) is 8.00. The van der Waals surface area contributed by atoms with Crippen LogP contribution in [0.3, 0.4) is 0 Å². The van der Waals surface area contributed by atoms with E-state index in [-0.39, 0.29) is 5.91 Å². The summed E-state index contributed by atoms with van der Waals surface area (Å²) in [7, 11) is 0. The molecule has 0 N–H and O–H groups in total. The number of fused-ring (bicyclic) bond motifs is 1. The molecule has 0 fully saturated rings. The van der Waals surface area contributed by atoms with Gasteiger partial charge in [-0.2, -0.15) is 4.98 Å². The molecule has 0 saturated carbocycles. The van der Waals surface area contributed by atoms with Gasteiger partial charge < -0.3 is 4.52 Å². The number of hydrogen-bond donors (Lipinski definition) is 0. The molecule has 160 valence electrons. The Morgan fingerprint density at radius 1 is 1.03 bits per heavy atom. The lowest BCUT2D eigenvalue weighted by Crippen LogP contribution is -2.26. The first-order valence-corrected chi connectivity index (χ1v) is 10.6. The van der Waals surface area contributed by atoms with E-state index in [9.17, 15) is 4.79 Å². The monoisotopic (exact) mass is 425 g/mol. The van der Waals surface area contributed by atoms with Crippen LogP contribution in [0.25, 0.3) is 22.8 Å². The highest BCUT2D eigenvalue weighted by atomic mass is 16.5. The summed E-state index contributed by atoms with van der Waals surface area (Å²) in [6.07, 6.45) is 2.11. The highest BCUT2D eigenvalue weighted by Gasteiger charge is 2.30. The van der Waals surface area contributed by atoms with Crippen molar-refractivity contribution in [3.05, 3.63) is 77.3 Å². The van der Waals surface area contributed by atoms with Crippen molar-refractivity contribution in [2.24, 2.45) is 0 Å². The second-order valence-electron chi connectivity index (χ2n) is 8.27. The summed E-state index contributed by atoms with van der Waals surface area (Å²) < 4.78 is 5.05. The normalized spacial score (nSPS) is 13.1. The van der Waals surface area contributed by atoms with Gasteiger partial charge >= 0.3 is 0 Å². The molecule has 1 amide bonds. The standard InChI is InChI=1S/C25H23N5O2/c1-15(2)20-6-4-5-7-21(20)24-26-13-19-12-22(31)30(25(19)28-24)14-17-8-10-18(11-9-17)23-27-16(3)32-29-23/h4-11,13,15H,12,14H2,1-3H3. The van der Waals surface area contributed by atoms with Crippen LogP contribution in [0.1, 0.15) is 42.3 Å². The van der Waals surface area contributed by atoms with E-state index in [4.69, 9.17) is 9.51 Å². The molecule has 5 rings (SSSR count). The minimum Gasteiger partial charge on any atom is -0.339 e. The average Bonchev–Trinajstić information content (AvgIpc) is 3.37. The molecule has 3 heterocycles. The van der Waals surface area contributed by atoms with Gasteiger partial charge in [-0.05, 0) is 17.0 Å². The highest BCUT2D eigenvalue weighted by molar-refractivity contribution is 6.00. The van der Waals surface area contributed by atoms with E-state index < -0.39 is 0 Å². The van der Waals surface area contributed by atoms with Crippen LogP contribution in [0, 0.1) is 6.92 Å². The van der Waals surface area contributed by atoms with Crippen LogP contribution in [-0.4, -0.2) is 26.0 Å². The largest absolute Gasteiger partial charge is 0.339 e. The molecule has 7 nitrogen and oxygen atoms in total. The number of nitrogens with zero attached hydrogens (tertiary/aromatic N) is 5. The maximum atomic E-state index is 12.8. The fraction of sp³-hybridized carbons (Fsp3) is 0.240. The maximum Gasteiger partial charge on any atom is 0.233 e. The predicted octanol–water partition coefficient (Wildman–Crippen LogP) is 4.71. The fourth-order valence-electron chi connectivity index (χ4n) is 3.99. The van der Waals surface area contributed by atoms with Gasteiger partial charge in [0.2, 0.25) is 17.6 Å². The Morgan fingerprint density at radius 3 is 2.53 bits per heavy atom. The first kappa shape index (κ1) is 20.1. The number of carbonyl (C=O) groups excluding carboxylic acids is 1. The zero-order chi connectivity index (χ0) is 22.2. The van der Waals surface area contributed by atoms with E-state index in [2.05, 4.69) is 35.0 Å². The van der Waals surface area contributed by atoms with Crippen LogP contribution >= 0.6 is 0 Å². The molecule has 0 spiro atoms. The Morgan fingerprint density at radius 2 is 1.81 bits per heavy atom. The van der Waals surface area contributed by atoms with E-state index in [1.807, 2.05) is 42.5 Å². The molecule has 0 aliphatic carbocycles. The van der Waals surface area contributed by atoms with E-state index in [0.717, 1.165) is 22.3 Å². The number of anilines is 1. The number of carbonyl (C=O) groups is 1. The molecule has 1 aliphatic heterocycles. The third-order valence-corrected chi connectivity index (χ3v) is 5.64. The van der Waals surface area contributed by atoms with Crippen molar-refractivity contribution >= 4 is 11.7 Å². The minimum absolute atomic E-state index is 0.0291. The molecule has 1 aliphatic rings. The molecule has 2 aromatic heterocycles. The van der Waals surface area contributed by atoms with Gasteiger partial charge in [0, 0.05) is 29.8 Å². The van der Waals surface area contributed by atoms with Crippen molar-refractivity contribution in [2.75, 3.05) is 4.90 Å². The summed E-state index contributed by atoms with van der Waals surface area (Å²) in [4.78, 5) is 28.2. The average molecular weight is 425 g/mol. The minimum atomic E-state index is 0.0291. The van der Waals surface area contributed by atoms with Crippen LogP contribution < -0.4 is 4.90 Å². The van der Waals surface area contributed by atoms with Crippen LogP contribution in [0.5, 0.6) is 0 Å². The number of benzene rings is 2. The molecule has 0 radical (unpaired) electrons. The van der Waals surface area contributed by atoms with Crippen LogP contribution in [0.15, 0.2) is 59.3 Å². The van der Waals surface area contributed by atoms with Gasteiger partial charge in [0.15, 0.2) is 5.82 Å². The molecule has 0 unspecified atom stereocenters. The SMILES string of the molecule is Cc1nc(-c2ccc(CN3C(=O)Cc4cnc(-c5ccccc5C(C)C)nc43)cc2)no1. The number of aryl methyl sites for hydroxylation is 1. The topological polar surface area (TPSA) is 85.0 Å². The van der Waals surface area contributed by atoms with E-state index in [1.165, 1.54) is 5.56 Å². The molecule has 2 aromatic carbocycles. The van der Waals surface area contributed by atoms with Crippen molar-refractivity contribution in [3.63, 3.8) is 0 Å². The zero-order valence-electron chi connectivity index (χ0n) is 18.2. The summed E-state index contributed by atoms with van der Waals surface area (Å²) >= 11 is 0. The Labute approximate surface area is 186 Å². The van der Waals surface area contributed by atoms with Crippen molar-refractivity contribution in [2.45, 2.75) is 39.7 Å². The maximum absolute atomic E-state index is 12.8. The van der Waals surface area contributed by atoms with Crippen molar-refractivity contribution in [1.82, 2.24) is 20.1 Å². The molecule has 4 aromatic rings. The van der Waals surface area contributed by atoms with Gasteiger partial charge in [-0.1, -0.05) is 67.5 Å². The molecule has 0 saturated heterocycles.